The number of piperidine rings is 1. The van der Waals surface area contributed by atoms with Gasteiger partial charge in [-0.05, 0) is 38.6 Å². The number of aryl methyl sites for hydroxylation is 1. The van der Waals surface area contributed by atoms with E-state index in [1.165, 1.54) is 0 Å². The molecular formula is C26H40N4O4. The molecule has 2 saturated heterocycles. The van der Waals surface area contributed by atoms with E-state index in [2.05, 4.69) is 26.1 Å². The molecule has 34 heavy (non-hydrogen) atoms. The summed E-state index contributed by atoms with van der Waals surface area (Å²) in [7, 11) is 3.89. The van der Waals surface area contributed by atoms with Crippen LogP contribution in [0.2, 0.25) is 0 Å². The van der Waals surface area contributed by atoms with Crippen LogP contribution in [-0.2, 0) is 14.3 Å². The number of likely N-dealkylation sites (N-methyl/N-ethyl adjacent to an activating group) is 1. The molecule has 2 aliphatic heterocycles. The number of amides is 3. The first kappa shape index (κ1) is 26.2. The van der Waals surface area contributed by atoms with Gasteiger partial charge in [-0.2, -0.15) is 0 Å². The van der Waals surface area contributed by atoms with Crippen LogP contribution in [0.5, 0.6) is 0 Å². The maximum absolute atomic E-state index is 13.7. The summed E-state index contributed by atoms with van der Waals surface area (Å²) in [5.74, 6) is -0.292. The van der Waals surface area contributed by atoms with Gasteiger partial charge < -0.3 is 19.9 Å². The zero-order valence-corrected chi connectivity index (χ0v) is 21.5. The summed E-state index contributed by atoms with van der Waals surface area (Å²) in [4.78, 5) is 45.1. The number of nitrogens with one attached hydrogen (secondary N) is 1. The molecule has 1 aromatic carbocycles. The minimum atomic E-state index is -0.885. The van der Waals surface area contributed by atoms with Crippen LogP contribution in [0.1, 0.15) is 56.0 Å². The van der Waals surface area contributed by atoms with Gasteiger partial charge in [0.25, 0.3) is 5.91 Å². The monoisotopic (exact) mass is 472 g/mol. The Morgan fingerprint density at radius 1 is 1.12 bits per heavy atom. The van der Waals surface area contributed by atoms with Crippen molar-refractivity contribution in [3.63, 3.8) is 0 Å². The first-order valence-electron chi connectivity index (χ1n) is 12.2. The lowest BCUT2D eigenvalue weighted by Crippen LogP contribution is -2.60. The van der Waals surface area contributed by atoms with Crippen molar-refractivity contribution in [2.45, 2.75) is 58.7 Å². The van der Waals surface area contributed by atoms with E-state index < -0.39 is 11.8 Å². The lowest BCUT2D eigenvalue weighted by atomic mass is 9.90. The number of carbonyl (C=O) groups excluding carboxylic acids is 3. The first-order valence-corrected chi connectivity index (χ1v) is 12.2. The molecule has 1 spiro atoms. The predicted octanol–water partition coefficient (Wildman–Crippen LogP) is 2.27. The fourth-order valence-electron chi connectivity index (χ4n) is 4.59. The highest BCUT2D eigenvalue weighted by molar-refractivity contribution is 5.98. The van der Waals surface area contributed by atoms with E-state index in [1.54, 1.807) is 17.0 Å². The van der Waals surface area contributed by atoms with Crippen LogP contribution in [0.3, 0.4) is 0 Å². The van der Waals surface area contributed by atoms with Crippen LogP contribution >= 0.6 is 0 Å². The summed E-state index contributed by atoms with van der Waals surface area (Å²) in [6, 6.07) is 6.69. The fourth-order valence-corrected chi connectivity index (χ4v) is 4.59. The van der Waals surface area contributed by atoms with Gasteiger partial charge in [-0.1, -0.05) is 38.5 Å². The number of rotatable bonds is 6. The molecule has 2 fully saturated rings. The van der Waals surface area contributed by atoms with Crippen molar-refractivity contribution >= 4 is 17.7 Å². The second-order valence-corrected chi connectivity index (χ2v) is 11.0. The van der Waals surface area contributed by atoms with E-state index >= 15 is 0 Å². The van der Waals surface area contributed by atoms with E-state index in [0.717, 1.165) is 5.56 Å². The smallest absolute Gasteiger partial charge is 0.256 e. The summed E-state index contributed by atoms with van der Waals surface area (Å²) < 4.78 is 6.25. The van der Waals surface area contributed by atoms with Gasteiger partial charge in [0.1, 0.15) is 11.8 Å². The Morgan fingerprint density at radius 3 is 2.29 bits per heavy atom. The third-order valence-corrected chi connectivity index (χ3v) is 6.52. The molecule has 1 aromatic rings. The first-order chi connectivity index (χ1) is 15.9. The SMILES string of the molecule is Cc1ccc(C(=O)N2C(C(=O)NCCN(C)C)COC23CCN(C(=O)CC(C)(C)C)CC3)cc1. The number of carbonyl (C=O) groups is 3. The number of hydrogen-bond acceptors (Lipinski definition) is 5. The molecule has 3 rings (SSSR count). The van der Waals surface area contributed by atoms with Gasteiger partial charge in [-0.15, -0.1) is 0 Å². The summed E-state index contributed by atoms with van der Waals surface area (Å²) in [6.45, 7) is 10.5. The molecule has 8 heteroatoms. The summed E-state index contributed by atoms with van der Waals surface area (Å²) in [6.07, 6.45) is 1.45. The van der Waals surface area contributed by atoms with Gasteiger partial charge in [-0.3, -0.25) is 19.3 Å². The van der Waals surface area contributed by atoms with Crippen LogP contribution in [0, 0.1) is 12.3 Å². The van der Waals surface area contributed by atoms with Gasteiger partial charge >= 0.3 is 0 Å². The third-order valence-electron chi connectivity index (χ3n) is 6.52. The van der Waals surface area contributed by atoms with Gasteiger partial charge in [0.15, 0.2) is 0 Å². The van der Waals surface area contributed by atoms with E-state index in [-0.39, 0.29) is 29.7 Å². The Kier molecular flexibility index (Phi) is 8.03. The lowest BCUT2D eigenvalue weighted by molar-refractivity contribution is -0.145. The Morgan fingerprint density at radius 2 is 1.74 bits per heavy atom. The summed E-state index contributed by atoms with van der Waals surface area (Å²) in [5.41, 5.74) is 0.629. The highest BCUT2D eigenvalue weighted by Crippen LogP contribution is 2.39. The van der Waals surface area contributed by atoms with Crippen molar-refractivity contribution in [2.75, 3.05) is 46.9 Å². The molecule has 0 aromatic heterocycles. The maximum atomic E-state index is 13.7. The molecule has 1 atom stereocenters. The summed E-state index contributed by atoms with van der Waals surface area (Å²) >= 11 is 0. The standard InChI is InChI=1S/C26H40N4O4/c1-19-7-9-20(10-8-19)24(33)30-21(23(32)27-13-16-28(5)6)18-34-26(30)11-14-29(15-12-26)22(31)17-25(2,3)4/h7-10,21H,11-18H2,1-6H3,(H,27,32). The van der Waals surface area contributed by atoms with Crippen LogP contribution in [0.15, 0.2) is 24.3 Å². The zero-order chi connectivity index (χ0) is 25.1. The molecular weight excluding hydrogens is 432 g/mol. The number of likely N-dealkylation sites (tertiary alicyclic amines) is 1. The van der Waals surface area contributed by atoms with E-state index in [0.29, 0.717) is 51.0 Å². The van der Waals surface area contributed by atoms with Crippen molar-refractivity contribution in [2.24, 2.45) is 5.41 Å². The van der Waals surface area contributed by atoms with Crippen LogP contribution in [0.25, 0.3) is 0 Å². The van der Waals surface area contributed by atoms with Gasteiger partial charge in [-0.25, -0.2) is 0 Å². The number of hydrogen-bond donors (Lipinski definition) is 1. The van der Waals surface area contributed by atoms with Crippen LogP contribution in [-0.4, -0.2) is 91.1 Å². The average molecular weight is 473 g/mol. The molecule has 1 unspecified atom stereocenters. The highest BCUT2D eigenvalue weighted by Gasteiger charge is 2.54. The molecule has 188 valence electrons. The average Bonchev–Trinajstić information content (AvgIpc) is 3.11. The molecule has 2 aliphatic rings. The Labute approximate surface area is 203 Å². The predicted molar refractivity (Wildman–Crippen MR) is 131 cm³/mol. The largest absolute Gasteiger partial charge is 0.353 e. The maximum Gasteiger partial charge on any atom is 0.256 e. The second-order valence-electron chi connectivity index (χ2n) is 11.0. The third kappa shape index (κ3) is 6.16. The van der Waals surface area contributed by atoms with Crippen LogP contribution in [0.4, 0.5) is 0 Å². The molecule has 0 bridgehead atoms. The van der Waals surface area contributed by atoms with Crippen molar-refractivity contribution in [1.82, 2.24) is 20.0 Å². The minimum Gasteiger partial charge on any atom is -0.353 e. The van der Waals surface area contributed by atoms with Gasteiger partial charge in [0.2, 0.25) is 11.8 Å². The van der Waals surface area contributed by atoms with Gasteiger partial charge in [0, 0.05) is 51.0 Å². The van der Waals surface area contributed by atoms with E-state index in [4.69, 9.17) is 4.74 Å². The van der Waals surface area contributed by atoms with Crippen LogP contribution < -0.4 is 5.32 Å². The minimum absolute atomic E-state index is 0.0841. The topological polar surface area (TPSA) is 82.2 Å². The fraction of sp³-hybridized carbons (Fsp3) is 0.654. The Balaban J connectivity index is 1.80. The van der Waals surface area contributed by atoms with Crippen molar-refractivity contribution in [1.29, 1.82) is 0 Å². The van der Waals surface area contributed by atoms with E-state index in [9.17, 15) is 14.4 Å². The van der Waals surface area contributed by atoms with Gasteiger partial charge in [0.05, 0.1) is 6.61 Å². The van der Waals surface area contributed by atoms with Crippen molar-refractivity contribution in [3.8, 4) is 0 Å². The normalized spacial score (nSPS) is 20.1. The molecule has 0 radical (unpaired) electrons. The molecule has 3 amide bonds. The lowest BCUT2D eigenvalue weighted by Gasteiger charge is -2.45. The molecule has 0 aliphatic carbocycles. The number of nitrogens with zero attached hydrogens (tertiary/aromatic N) is 3. The second kappa shape index (κ2) is 10.4. The highest BCUT2D eigenvalue weighted by atomic mass is 16.5. The quantitative estimate of drug-likeness (QED) is 0.687. The molecule has 0 saturated carbocycles. The van der Waals surface area contributed by atoms with E-state index in [1.807, 2.05) is 43.0 Å². The van der Waals surface area contributed by atoms with Crippen molar-refractivity contribution in [3.05, 3.63) is 35.4 Å². The molecule has 1 N–H and O–H groups in total. The zero-order valence-electron chi connectivity index (χ0n) is 21.5. The molecule has 2 heterocycles. The Bertz CT molecular complexity index is 883. The Hall–Kier alpha value is -2.45. The van der Waals surface area contributed by atoms with Crippen molar-refractivity contribution < 1.29 is 19.1 Å². The molecule has 8 nitrogen and oxygen atoms in total. The number of ether oxygens (including phenoxy) is 1. The summed E-state index contributed by atoms with van der Waals surface area (Å²) in [5, 5.41) is 2.96. The number of benzene rings is 1.